The number of carboxylic acids is 1. The highest BCUT2D eigenvalue weighted by atomic mass is 35.5. The van der Waals surface area contributed by atoms with Crippen LogP contribution in [-0.4, -0.2) is 25.2 Å². The third-order valence-corrected chi connectivity index (χ3v) is 5.50. The number of carboxylic acid groups (broad SMARTS) is 1. The van der Waals surface area contributed by atoms with E-state index in [-0.39, 0.29) is 19.0 Å². The first-order chi connectivity index (χ1) is 16.0. The number of benzene rings is 2. The van der Waals surface area contributed by atoms with Gasteiger partial charge in [-0.1, -0.05) is 48.4 Å². The molecule has 0 spiro atoms. The molecule has 2 aromatic carbocycles. The molecule has 0 aliphatic rings. The molecule has 34 heavy (non-hydrogen) atoms. The second-order valence-electron chi connectivity index (χ2n) is 8.48. The summed E-state index contributed by atoms with van der Waals surface area (Å²) in [6.45, 7) is 7.27. The van der Waals surface area contributed by atoms with Crippen LogP contribution in [0, 0.1) is 12.8 Å². The van der Waals surface area contributed by atoms with Crippen LogP contribution in [0.15, 0.2) is 57.6 Å². The van der Waals surface area contributed by atoms with E-state index in [2.05, 4.69) is 16.4 Å². The van der Waals surface area contributed by atoms with Crippen molar-refractivity contribution < 1.29 is 9.90 Å². The van der Waals surface area contributed by atoms with E-state index < -0.39 is 23.3 Å². The fourth-order valence-electron chi connectivity index (χ4n) is 3.40. The Kier molecular flexibility index (Phi) is 7.73. The van der Waals surface area contributed by atoms with E-state index in [0.29, 0.717) is 10.7 Å². The van der Waals surface area contributed by atoms with Gasteiger partial charge in [0.05, 0.1) is 12.5 Å². The van der Waals surface area contributed by atoms with Gasteiger partial charge < -0.3 is 10.4 Å². The lowest BCUT2D eigenvalue weighted by Crippen LogP contribution is -2.44. The molecule has 0 unspecified atom stereocenters. The van der Waals surface area contributed by atoms with Gasteiger partial charge in [-0.3, -0.25) is 9.36 Å². The van der Waals surface area contributed by atoms with Crippen LogP contribution in [0.25, 0.3) is 6.08 Å². The van der Waals surface area contributed by atoms with Gasteiger partial charge in [-0.05, 0) is 61.7 Å². The molecule has 8 nitrogen and oxygen atoms in total. The molecule has 9 heteroatoms. The number of aromatic nitrogens is 3. The lowest BCUT2D eigenvalue weighted by molar-refractivity contribution is -0.141. The van der Waals surface area contributed by atoms with Gasteiger partial charge in [0.1, 0.15) is 0 Å². The molecule has 0 amide bonds. The number of anilines is 2. The van der Waals surface area contributed by atoms with Crippen LogP contribution >= 0.6 is 11.6 Å². The third kappa shape index (κ3) is 6.02. The molecule has 0 fully saturated rings. The maximum Gasteiger partial charge on any atom is 0.354 e. The van der Waals surface area contributed by atoms with Crippen LogP contribution in [0.4, 0.5) is 11.6 Å². The van der Waals surface area contributed by atoms with E-state index in [1.54, 1.807) is 24.3 Å². The van der Waals surface area contributed by atoms with E-state index in [1.807, 2.05) is 39.0 Å². The number of hydrogen-bond donors (Lipinski definition) is 2. The van der Waals surface area contributed by atoms with Crippen LogP contribution in [0.2, 0.25) is 5.02 Å². The molecule has 3 rings (SSSR count). The molecule has 0 aliphatic carbocycles. The number of rotatable bonds is 8. The van der Waals surface area contributed by atoms with Crippen LogP contribution in [-0.2, 0) is 17.9 Å². The summed E-state index contributed by atoms with van der Waals surface area (Å²) in [6.07, 6.45) is 2.07. The molecule has 2 N–H and O–H groups in total. The summed E-state index contributed by atoms with van der Waals surface area (Å²) >= 11 is 5.98. The zero-order valence-electron chi connectivity index (χ0n) is 19.5. The van der Waals surface area contributed by atoms with E-state index in [0.717, 1.165) is 21.3 Å². The van der Waals surface area contributed by atoms with Crippen LogP contribution in [0.3, 0.4) is 0 Å². The summed E-state index contributed by atoms with van der Waals surface area (Å²) in [5.41, 5.74) is 3.21. The Balaban J connectivity index is 2.08. The van der Waals surface area contributed by atoms with Crippen molar-refractivity contribution in [3.8, 4) is 0 Å². The minimum atomic E-state index is -1.11. The van der Waals surface area contributed by atoms with Crippen molar-refractivity contribution >= 4 is 35.3 Å². The molecule has 0 aliphatic heterocycles. The van der Waals surface area contributed by atoms with Crippen LogP contribution < -0.4 is 16.7 Å². The number of nitrogens with one attached hydrogen (secondary N) is 1. The Labute approximate surface area is 202 Å². The topological polar surface area (TPSA) is 106 Å². The van der Waals surface area contributed by atoms with Crippen molar-refractivity contribution in [1.82, 2.24) is 14.1 Å². The summed E-state index contributed by atoms with van der Waals surface area (Å²) < 4.78 is 2.17. The third-order valence-electron chi connectivity index (χ3n) is 5.25. The molecule has 1 heterocycles. The Morgan fingerprint density at radius 1 is 1.15 bits per heavy atom. The molecule has 0 bridgehead atoms. The lowest BCUT2D eigenvalue weighted by atomic mass is 10.1. The fraction of sp³-hybridized carbons (Fsp3) is 0.280. The molecule has 3 aromatic rings. The molecular formula is C25H27ClN4O4. The van der Waals surface area contributed by atoms with E-state index >= 15 is 0 Å². The Bertz CT molecular complexity index is 1350. The van der Waals surface area contributed by atoms with Crippen molar-refractivity contribution in [3.05, 3.63) is 90.7 Å². The first-order valence-electron chi connectivity index (χ1n) is 10.8. The zero-order valence-corrected chi connectivity index (χ0v) is 20.3. The smallest absolute Gasteiger partial charge is 0.354 e. The second kappa shape index (κ2) is 10.5. The van der Waals surface area contributed by atoms with Crippen molar-refractivity contribution in [2.75, 3.05) is 5.32 Å². The minimum Gasteiger partial charge on any atom is -0.481 e. The number of allylic oxidation sites excluding steroid dienone is 1. The largest absolute Gasteiger partial charge is 0.481 e. The Morgan fingerprint density at radius 3 is 2.41 bits per heavy atom. The molecule has 0 radical (unpaired) electrons. The summed E-state index contributed by atoms with van der Waals surface area (Å²) in [4.78, 5) is 41.4. The quantitative estimate of drug-likeness (QED) is 0.495. The summed E-state index contributed by atoms with van der Waals surface area (Å²) in [5.74, 6) is -1.97. The number of hydrogen-bond acceptors (Lipinski definition) is 5. The Hall–Kier alpha value is -3.65. The summed E-state index contributed by atoms with van der Waals surface area (Å²) in [6, 6.07) is 12.7. The first kappa shape index (κ1) is 25.0. The summed E-state index contributed by atoms with van der Waals surface area (Å²) in [7, 11) is 0. The molecule has 178 valence electrons. The molecule has 0 saturated carbocycles. The number of halogens is 1. The SMILES string of the molecule is CC(C)=Cc1ccc(Nc2nc(=O)n(C[C@H](C)C(=O)O)c(=O)n2Cc2ccc(Cl)cc2)cc1C. The standard InChI is InChI=1S/C25H27ClN4O4/c1-15(2)11-19-7-10-21(12-16(19)3)27-23-28-24(33)30(13-17(4)22(31)32)25(34)29(23)14-18-5-8-20(26)9-6-18/h5-12,17H,13-14H2,1-4H3,(H,31,32)(H,27,28,33)/t17-/m0/s1. The molecule has 1 atom stereocenters. The van der Waals surface area contributed by atoms with Gasteiger partial charge in [-0.2, -0.15) is 4.98 Å². The van der Waals surface area contributed by atoms with E-state index in [1.165, 1.54) is 17.1 Å². The van der Waals surface area contributed by atoms with Crippen molar-refractivity contribution in [2.45, 2.75) is 40.8 Å². The minimum absolute atomic E-state index is 0.0681. The van der Waals surface area contributed by atoms with Gasteiger partial charge >= 0.3 is 17.3 Å². The fourth-order valence-corrected chi connectivity index (χ4v) is 3.53. The zero-order chi connectivity index (χ0) is 25.0. The predicted molar refractivity (Wildman–Crippen MR) is 134 cm³/mol. The van der Waals surface area contributed by atoms with Crippen LogP contribution in [0.1, 0.15) is 37.5 Å². The highest BCUT2D eigenvalue weighted by Crippen LogP contribution is 2.21. The number of nitrogens with zero attached hydrogens (tertiary/aromatic N) is 3. The molecule has 1 aromatic heterocycles. The van der Waals surface area contributed by atoms with Crippen LogP contribution in [0.5, 0.6) is 0 Å². The summed E-state index contributed by atoms with van der Waals surface area (Å²) in [5, 5.41) is 12.9. The van der Waals surface area contributed by atoms with Gasteiger partial charge in [0.15, 0.2) is 0 Å². The normalized spacial score (nSPS) is 11.7. The van der Waals surface area contributed by atoms with Gasteiger partial charge in [-0.15, -0.1) is 0 Å². The van der Waals surface area contributed by atoms with E-state index in [9.17, 15) is 19.5 Å². The maximum absolute atomic E-state index is 13.3. The van der Waals surface area contributed by atoms with Gasteiger partial charge in [0.2, 0.25) is 5.95 Å². The van der Waals surface area contributed by atoms with Gasteiger partial charge in [0.25, 0.3) is 0 Å². The molecule has 0 saturated heterocycles. The van der Waals surface area contributed by atoms with Crippen molar-refractivity contribution in [1.29, 1.82) is 0 Å². The first-order valence-corrected chi connectivity index (χ1v) is 11.1. The van der Waals surface area contributed by atoms with E-state index in [4.69, 9.17) is 11.6 Å². The lowest BCUT2D eigenvalue weighted by Gasteiger charge is -2.17. The average molecular weight is 483 g/mol. The molecular weight excluding hydrogens is 456 g/mol. The maximum atomic E-state index is 13.3. The monoisotopic (exact) mass is 482 g/mol. The predicted octanol–water partition coefficient (Wildman–Crippen LogP) is 4.30. The number of carbonyl (C=O) groups is 1. The van der Waals surface area contributed by atoms with Gasteiger partial charge in [0, 0.05) is 17.3 Å². The average Bonchev–Trinajstić information content (AvgIpc) is 2.76. The second-order valence-corrected chi connectivity index (χ2v) is 8.92. The van der Waals surface area contributed by atoms with Gasteiger partial charge in [-0.25, -0.2) is 14.2 Å². The van der Waals surface area contributed by atoms with Crippen molar-refractivity contribution in [3.63, 3.8) is 0 Å². The highest BCUT2D eigenvalue weighted by molar-refractivity contribution is 6.30. The number of aliphatic carboxylic acids is 1. The number of aryl methyl sites for hydroxylation is 1. The van der Waals surface area contributed by atoms with Crippen molar-refractivity contribution in [2.24, 2.45) is 5.92 Å². The Morgan fingerprint density at radius 2 is 1.82 bits per heavy atom. The highest BCUT2D eigenvalue weighted by Gasteiger charge is 2.19.